The number of amides is 3. The van der Waals surface area contributed by atoms with Gasteiger partial charge >= 0.3 is 6.09 Å². The molecule has 0 aromatic heterocycles. The number of nitrogens with zero attached hydrogens (tertiary/aromatic N) is 1. The van der Waals surface area contributed by atoms with E-state index in [2.05, 4.69) is 10.6 Å². The molecule has 36 heavy (non-hydrogen) atoms. The van der Waals surface area contributed by atoms with E-state index in [0.717, 1.165) is 44.9 Å². The van der Waals surface area contributed by atoms with E-state index in [1.165, 1.54) is 12.8 Å². The zero-order chi connectivity index (χ0) is 26.3. The van der Waals surface area contributed by atoms with Crippen molar-refractivity contribution in [1.29, 1.82) is 5.41 Å². The van der Waals surface area contributed by atoms with Crippen LogP contribution in [0.25, 0.3) is 0 Å². The summed E-state index contributed by atoms with van der Waals surface area (Å²) < 4.78 is 4.58. The van der Waals surface area contributed by atoms with E-state index in [-0.39, 0.29) is 30.2 Å². The van der Waals surface area contributed by atoms with Crippen molar-refractivity contribution in [3.8, 4) is 0 Å². The summed E-state index contributed by atoms with van der Waals surface area (Å²) in [4.78, 5) is 41.1. The molecule has 3 amide bonds. The Morgan fingerprint density at radius 3 is 2.36 bits per heavy atom. The average Bonchev–Trinajstić information content (AvgIpc) is 3.53. The van der Waals surface area contributed by atoms with Gasteiger partial charge < -0.3 is 26.0 Å². The molecule has 3 aliphatic rings. The lowest BCUT2D eigenvalue weighted by Crippen LogP contribution is -2.60. The maximum absolute atomic E-state index is 13.9. The average molecular weight is 524 g/mol. The van der Waals surface area contributed by atoms with Crippen molar-refractivity contribution in [1.82, 2.24) is 15.5 Å². The van der Waals surface area contributed by atoms with Gasteiger partial charge in [-0.05, 0) is 78.1 Å². The fourth-order valence-electron chi connectivity index (χ4n) is 5.84. The summed E-state index contributed by atoms with van der Waals surface area (Å²) in [5, 5.41) is 14.0. The molecule has 1 aliphatic heterocycles. The van der Waals surface area contributed by atoms with Gasteiger partial charge in [0.15, 0.2) is 0 Å². The van der Waals surface area contributed by atoms with E-state index in [4.69, 9.17) is 15.9 Å². The van der Waals surface area contributed by atoms with Crippen LogP contribution in [0.4, 0.5) is 4.79 Å². The molecule has 0 spiro atoms. The molecule has 2 aliphatic carbocycles. The Balaban J connectivity index is 1.63. The van der Waals surface area contributed by atoms with Crippen molar-refractivity contribution in [2.24, 2.45) is 17.6 Å². The second-order valence-electron chi connectivity index (χ2n) is 11.0. The largest absolute Gasteiger partial charge is 0.450 e. The number of rotatable bonds is 10. The van der Waals surface area contributed by atoms with Crippen molar-refractivity contribution >= 4 is 35.5 Å². The Labute approximate surface area is 219 Å². The maximum atomic E-state index is 13.9. The molecule has 3 rings (SSSR count). The van der Waals surface area contributed by atoms with Gasteiger partial charge in [0.2, 0.25) is 11.8 Å². The molecule has 0 unspecified atom stereocenters. The van der Waals surface area contributed by atoms with E-state index in [0.29, 0.717) is 30.7 Å². The lowest BCUT2D eigenvalue weighted by molar-refractivity contribution is -0.140. The fraction of sp³-hybridized carbons (Fsp3) is 0.846. The Morgan fingerprint density at radius 1 is 1.08 bits per heavy atom. The van der Waals surface area contributed by atoms with Crippen LogP contribution in [0.5, 0.6) is 0 Å². The van der Waals surface area contributed by atoms with Gasteiger partial charge in [0.25, 0.3) is 0 Å². The predicted molar refractivity (Wildman–Crippen MR) is 143 cm³/mol. The first-order valence-corrected chi connectivity index (χ1v) is 14.5. The van der Waals surface area contributed by atoms with Gasteiger partial charge in [-0.1, -0.05) is 12.8 Å². The maximum Gasteiger partial charge on any atom is 0.407 e. The zero-order valence-corrected chi connectivity index (χ0v) is 23.0. The van der Waals surface area contributed by atoms with E-state index in [1.807, 2.05) is 13.8 Å². The van der Waals surface area contributed by atoms with E-state index < -0.39 is 22.9 Å². The number of ether oxygens (including phenoxy) is 1. The first-order valence-electron chi connectivity index (χ1n) is 13.7. The third-order valence-corrected chi connectivity index (χ3v) is 9.59. The summed E-state index contributed by atoms with van der Waals surface area (Å²) in [7, 11) is 0. The summed E-state index contributed by atoms with van der Waals surface area (Å²) >= 11 is 1.76. The van der Waals surface area contributed by atoms with Crippen LogP contribution in [0, 0.1) is 17.2 Å². The standard InChI is InChI=1S/C26H45N5O4S/c1-4-35-25(34)30-21(26(2,3)36-19-8-5-6-9-19)24(33)31-15-7-10-20(31)23(32)29-16-17-11-13-18(14-12-17)22(27)28/h17-21H,4-16H2,1-3H3,(H3,27,28)(H,29,32)(H,30,34)/t17-,18-,20-,21-/m0/s1. The highest BCUT2D eigenvalue weighted by atomic mass is 32.2. The number of hydrogen-bond acceptors (Lipinski definition) is 6. The highest BCUT2D eigenvalue weighted by Crippen LogP contribution is 2.40. The Hall–Kier alpha value is -1.97. The number of alkyl carbamates (subject to hydrolysis) is 1. The molecule has 2 saturated carbocycles. The van der Waals surface area contributed by atoms with Crippen LogP contribution in [-0.2, 0) is 14.3 Å². The number of hydrogen-bond donors (Lipinski definition) is 4. The van der Waals surface area contributed by atoms with Crippen molar-refractivity contribution in [2.45, 2.75) is 107 Å². The van der Waals surface area contributed by atoms with Gasteiger partial charge in [0.05, 0.1) is 12.4 Å². The first kappa shape index (κ1) is 28.6. The molecule has 2 atom stereocenters. The summed E-state index contributed by atoms with van der Waals surface area (Å²) in [6, 6.07) is -1.30. The third kappa shape index (κ3) is 7.52. The molecule has 5 N–H and O–H groups in total. The molecular weight excluding hydrogens is 478 g/mol. The van der Waals surface area contributed by atoms with Gasteiger partial charge in [0, 0.05) is 29.0 Å². The van der Waals surface area contributed by atoms with Crippen LogP contribution in [0.2, 0.25) is 0 Å². The highest BCUT2D eigenvalue weighted by Gasteiger charge is 2.45. The van der Waals surface area contributed by atoms with Crippen LogP contribution in [0.3, 0.4) is 0 Å². The number of carbonyl (C=O) groups is 3. The molecule has 1 saturated heterocycles. The van der Waals surface area contributed by atoms with Gasteiger partial charge in [-0.3, -0.25) is 15.0 Å². The number of nitrogens with two attached hydrogens (primary N) is 1. The number of carbonyl (C=O) groups excluding carboxylic acids is 3. The monoisotopic (exact) mass is 523 g/mol. The smallest absolute Gasteiger partial charge is 0.407 e. The Bertz CT molecular complexity index is 793. The van der Waals surface area contributed by atoms with Crippen molar-refractivity contribution in [3.63, 3.8) is 0 Å². The molecule has 0 aromatic rings. The van der Waals surface area contributed by atoms with Crippen LogP contribution in [-0.4, -0.2) is 70.4 Å². The SMILES string of the molecule is CCOC(=O)N[C@@H](C(=O)N1CCC[C@H]1C(=O)NC[C@H]1CC[C@H](C(=N)N)CC1)C(C)(C)SC1CCCC1. The van der Waals surface area contributed by atoms with Gasteiger partial charge in [-0.15, -0.1) is 11.8 Å². The van der Waals surface area contributed by atoms with Gasteiger partial charge in [-0.2, -0.15) is 0 Å². The molecule has 204 valence electrons. The molecule has 9 nitrogen and oxygen atoms in total. The zero-order valence-electron chi connectivity index (χ0n) is 22.1. The second-order valence-corrected chi connectivity index (χ2v) is 13.0. The quantitative estimate of drug-likeness (QED) is 0.256. The second kappa shape index (κ2) is 13.0. The summed E-state index contributed by atoms with van der Waals surface area (Å²) in [6.45, 7) is 7.07. The number of nitrogens with one attached hydrogen (secondary N) is 3. The Kier molecular flexibility index (Phi) is 10.3. The molecule has 3 fully saturated rings. The lowest BCUT2D eigenvalue weighted by atomic mass is 9.81. The number of likely N-dealkylation sites (tertiary alicyclic amines) is 1. The minimum Gasteiger partial charge on any atom is -0.450 e. The van der Waals surface area contributed by atoms with Gasteiger partial charge in [0.1, 0.15) is 12.1 Å². The molecule has 10 heteroatoms. The summed E-state index contributed by atoms with van der Waals surface area (Å²) in [6.07, 6.45) is 9.08. The molecular formula is C26H45N5O4S. The van der Waals surface area contributed by atoms with Crippen molar-refractivity contribution in [2.75, 3.05) is 19.7 Å². The van der Waals surface area contributed by atoms with Crippen LogP contribution < -0.4 is 16.4 Å². The highest BCUT2D eigenvalue weighted by molar-refractivity contribution is 8.01. The first-order chi connectivity index (χ1) is 17.1. The van der Waals surface area contributed by atoms with Crippen molar-refractivity contribution < 1.29 is 19.1 Å². The minimum atomic E-state index is -0.780. The lowest BCUT2D eigenvalue weighted by Gasteiger charge is -2.38. The summed E-state index contributed by atoms with van der Waals surface area (Å²) in [5.74, 6) is 0.464. The van der Waals surface area contributed by atoms with E-state index >= 15 is 0 Å². The minimum absolute atomic E-state index is 0.120. The van der Waals surface area contributed by atoms with Crippen LogP contribution in [0.15, 0.2) is 0 Å². The Morgan fingerprint density at radius 2 is 1.75 bits per heavy atom. The third-order valence-electron chi connectivity index (χ3n) is 7.94. The number of amidine groups is 1. The normalized spacial score (nSPS) is 25.9. The number of thioether (sulfide) groups is 1. The van der Waals surface area contributed by atoms with Gasteiger partial charge in [-0.25, -0.2) is 4.79 Å². The van der Waals surface area contributed by atoms with Crippen molar-refractivity contribution in [3.05, 3.63) is 0 Å². The molecule has 0 radical (unpaired) electrons. The molecule has 0 bridgehead atoms. The van der Waals surface area contributed by atoms with Crippen LogP contribution in [0.1, 0.15) is 85.0 Å². The molecule has 1 heterocycles. The van der Waals surface area contributed by atoms with E-state index in [9.17, 15) is 14.4 Å². The van der Waals surface area contributed by atoms with Crippen LogP contribution >= 0.6 is 11.8 Å². The predicted octanol–water partition coefficient (Wildman–Crippen LogP) is 3.41. The molecule has 0 aromatic carbocycles. The summed E-state index contributed by atoms with van der Waals surface area (Å²) in [5.41, 5.74) is 5.65. The fourth-order valence-corrected chi connectivity index (χ4v) is 7.56. The topological polar surface area (TPSA) is 138 Å². The van der Waals surface area contributed by atoms with E-state index in [1.54, 1.807) is 23.6 Å².